The van der Waals surface area contributed by atoms with Gasteiger partial charge in [0.25, 0.3) is 5.56 Å². The first-order chi connectivity index (χ1) is 15.2. The second kappa shape index (κ2) is 7.46. The number of hydrogen-bond acceptors (Lipinski definition) is 6. The third-order valence-electron chi connectivity index (χ3n) is 7.45. The Morgan fingerprint density at radius 3 is 2.59 bits per heavy atom. The summed E-state index contributed by atoms with van der Waals surface area (Å²) in [5.41, 5.74) is 9.47. The molecule has 1 spiro atoms. The minimum atomic E-state index is -3.07. The molecule has 168 valence electrons. The van der Waals surface area contributed by atoms with Gasteiger partial charge in [-0.25, -0.2) is 13.4 Å². The molecule has 5 rings (SSSR count). The van der Waals surface area contributed by atoms with Gasteiger partial charge in [-0.15, -0.1) is 0 Å². The zero-order valence-corrected chi connectivity index (χ0v) is 19.2. The lowest BCUT2D eigenvalue weighted by Crippen LogP contribution is -2.46. The van der Waals surface area contributed by atoms with Crippen molar-refractivity contribution in [2.45, 2.75) is 37.0 Å². The van der Waals surface area contributed by atoms with Gasteiger partial charge in [-0.05, 0) is 42.2 Å². The molecule has 2 unspecified atom stereocenters. The van der Waals surface area contributed by atoms with Gasteiger partial charge < -0.3 is 10.6 Å². The zero-order chi connectivity index (χ0) is 22.7. The number of nitrogens with two attached hydrogens (primary N) is 1. The molecule has 0 bridgehead atoms. The molecule has 2 N–H and O–H groups in total. The van der Waals surface area contributed by atoms with E-state index in [4.69, 9.17) is 5.73 Å². The van der Waals surface area contributed by atoms with E-state index >= 15 is 0 Å². The molecule has 1 saturated heterocycles. The second-order valence-electron chi connectivity index (χ2n) is 9.52. The Morgan fingerprint density at radius 2 is 1.94 bits per heavy atom. The van der Waals surface area contributed by atoms with E-state index in [1.807, 2.05) is 0 Å². The van der Waals surface area contributed by atoms with Gasteiger partial charge >= 0.3 is 0 Å². The van der Waals surface area contributed by atoms with Crippen LogP contribution < -0.4 is 16.2 Å². The average Bonchev–Trinajstić information content (AvgIpc) is 3.51. The summed E-state index contributed by atoms with van der Waals surface area (Å²) >= 11 is 0. The molecule has 0 radical (unpaired) electrons. The van der Waals surface area contributed by atoms with Crippen molar-refractivity contribution >= 4 is 15.8 Å². The van der Waals surface area contributed by atoms with Gasteiger partial charge in [0.1, 0.15) is 5.56 Å². The minimum Gasteiger partial charge on any atom is -0.342 e. The number of sulfone groups is 1. The van der Waals surface area contributed by atoms with Crippen LogP contribution in [-0.4, -0.2) is 42.6 Å². The van der Waals surface area contributed by atoms with Gasteiger partial charge in [-0.1, -0.05) is 36.1 Å². The van der Waals surface area contributed by atoms with Gasteiger partial charge in [0, 0.05) is 38.4 Å². The number of fused-ring (bicyclic) bond motifs is 1. The van der Waals surface area contributed by atoms with E-state index in [0.717, 1.165) is 32.4 Å². The van der Waals surface area contributed by atoms with E-state index in [0.29, 0.717) is 17.9 Å². The van der Waals surface area contributed by atoms with Crippen LogP contribution in [0.3, 0.4) is 0 Å². The van der Waals surface area contributed by atoms with Crippen molar-refractivity contribution in [3.63, 3.8) is 0 Å². The zero-order valence-electron chi connectivity index (χ0n) is 18.4. The summed E-state index contributed by atoms with van der Waals surface area (Å²) in [6, 6.07) is 8.51. The van der Waals surface area contributed by atoms with Crippen LogP contribution >= 0.6 is 0 Å². The third-order valence-corrected chi connectivity index (χ3v) is 9.07. The van der Waals surface area contributed by atoms with Crippen molar-refractivity contribution in [2.75, 3.05) is 24.2 Å². The summed E-state index contributed by atoms with van der Waals surface area (Å²) in [5.74, 6) is 6.24. The summed E-state index contributed by atoms with van der Waals surface area (Å²) in [5, 5.41) is -0.403. The monoisotopic (exact) mass is 452 g/mol. The lowest BCUT2D eigenvalue weighted by Gasteiger charge is -2.42. The molecular weight excluding hydrogens is 424 g/mol. The maximum Gasteiger partial charge on any atom is 0.270 e. The Balaban J connectivity index is 1.30. The van der Waals surface area contributed by atoms with Gasteiger partial charge in [0.05, 0.1) is 11.4 Å². The molecule has 1 saturated carbocycles. The van der Waals surface area contributed by atoms with Gasteiger partial charge in [0.2, 0.25) is 5.95 Å². The Hall–Kier alpha value is -2.63. The van der Waals surface area contributed by atoms with E-state index in [2.05, 4.69) is 46.0 Å². The quantitative estimate of drug-likeness (QED) is 0.692. The number of aromatic nitrogens is 2. The van der Waals surface area contributed by atoms with Crippen molar-refractivity contribution in [3.05, 3.63) is 57.5 Å². The lowest BCUT2D eigenvalue weighted by molar-refractivity contribution is 0.186. The number of piperidine rings is 1. The minimum absolute atomic E-state index is 0.0495. The van der Waals surface area contributed by atoms with E-state index in [1.54, 1.807) is 11.6 Å². The first-order valence-electron chi connectivity index (χ1n) is 11.0. The molecule has 3 aliphatic rings. The molecule has 1 aromatic heterocycles. The van der Waals surface area contributed by atoms with Crippen LogP contribution in [0.5, 0.6) is 0 Å². The highest BCUT2D eigenvalue weighted by Crippen LogP contribution is 2.50. The van der Waals surface area contributed by atoms with Crippen LogP contribution in [0, 0.1) is 23.2 Å². The number of benzene rings is 1. The fraction of sp³-hybridized carbons (Fsp3) is 0.500. The average molecular weight is 453 g/mol. The molecule has 0 amide bonds. The molecule has 2 aromatic rings. The number of hydrogen-bond donors (Lipinski definition) is 1. The van der Waals surface area contributed by atoms with Crippen molar-refractivity contribution in [1.29, 1.82) is 0 Å². The van der Waals surface area contributed by atoms with Crippen LogP contribution in [0.2, 0.25) is 0 Å². The van der Waals surface area contributed by atoms with E-state index in [1.165, 1.54) is 23.6 Å². The van der Waals surface area contributed by atoms with Gasteiger partial charge in [0.15, 0.2) is 9.84 Å². The van der Waals surface area contributed by atoms with Crippen molar-refractivity contribution in [2.24, 2.45) is 24.1 Å². The lowest BCUT2D eigenvalue weighted by atomic mass is 9.73. The molecule has 1 aliphatic heterocycles. The van der Waals surface area contributed by atoms with Gasteiger partial charge in [-0.3, -0.25) is 9.36 Å². The highest BCUT2D eigenvalue weighted by molar-refractivity contribution is 7.91. The molecule has 2 aliphatic carbocycles. The smallest absolute Gasteiger partial charge is 0.270 e. The maximum absolute atomic E-state index is 12.8. The molecule has 8 heteroatoms. The highest BCUT2D eigenvalue weighted by atomic mass is 32.2. The predicted octanol–water partition coefficient (Wildman–Crippen LogP) is 1.41. The van der Waals surface area contributed by atoms with Gasteiger partial charge in [-0.2, -0.15) is 0 Å². The predicted molar refractivity (Wildman–Crippen MR) is 124 cm³/mol. The highest BCUT2D eigenvalue weighted by Gasteiger charge is 2.46. The van der Waals surface area contributed by atoms with E-state index in [9.17, 15) is 13.2 Å². The topological polar surface area (TPSA) is 98.3 Å². The molecule has 2 heterocycles. The summed E-state index contributed by atoms with van der Waals surface area (Å²) < 4.78 is 24.7. The van der Waals surface area contributed by atoms with Crippen LogP contribution in [0.15, 0.2) is 35.3 Å². The number of nitrogens with zero attached hydrogens (tertiary/aromatic N) is 3. The molecule has 1 aromatic carbocycles. The largest absolute Gasteiger partial charge is 0.342 e. The van der Waals surface area contributed by atoms with Crippen LogP contribution in [-0.2, 0) is 23.3 Å². The first kappa shape index (κ1) is 21.2. The van der Waals surface area contributed by atoms with Crippen LogP contribution in [0.25, 0.3) is 0 Å². The first-order valence-corrected chi connectivity index (χ1v) is 13.0. The van der Waals surface area contributed by atoms with Crippen LogP contribution in [0.4, 0.5) is 5.95 Å². The fourth-order valence-electron chi connectivity index (χ4n) is 5.34. The standard InChI is InChI=1S/C24H28N4O3S/c1-27-22(29)18(8-7-16-13-20(16)32(2,30)31)15-26-23(27)28-11-9-24(10-12-28)14-17-5-3-4-6-19(17)21(24)25/h3-6,15-16,20-21H,9-14,25H2,1-2H3/t16?,20?,21-/m1/s1. The summed E-state index contributed by atoms with van der Waals surface area (Å²) in [6.45, 7) is 1.59. The van der Waals surface area contributed by atoms with Crippen molar-refractivity contribution < 1.29 is 8.42 Å². The normalized spacial score (nSPS) is 25.8. The molecule has 3 atom stereocenters. The van der Waals surface area contributed by atoms with Crippen molar-refractivity contribution in [1.82, 2.24) is 9.55 Å². The SMILES string of the molecule is Cn1c(N2CCC3(CC2)Cc2ccccc2[C@H]3N)ncc(C#CC2CC2S(C)(=O)=O)c1=O. The number of rotatable bonds is 2. The Bertz CT molecular complexity index is 1300. The third kappa shape index (κ3) is 3.54. The van der Waals surface area contributed by atoms with Crippen LogP contribution in [0.1, 0.15) is 42.0 Å². The summed E-state index contributed by atoms with van der Waals surface area (Å²) in [7, 11) is -1.35. The fourth-order valence-corrected chi connectivity index (χ4v) is 6.56. The maximum atomic E-state index is 12.8. The number of anilines is 1. The summed E-state index contributed by atoms with van der Waals surface area (Å²) in [4.78, 5) is 19.5. The molecule has 2 fully saturated rings. The summed E-state index contributed by atoms with van der Waals surface area (Å²) in [6.07, 6.45) is 6.20. The Kier molecular flexibility index (Phi) is 4.95. The Labute approximate surface area is 188 Å². The molecular formula is C24H28N4O3S. The molecule has 32 heavy (non-hydrogen) atoms. The van der Waals surface area contributed by atoms with E-state index < -0.39 is 15.1 Å². The second-order valence-corrected chi connectivity index (χ2v) is 11.8. The van der Waals surface area contributed by atoms with E-state index in [-0.39, 0.29) is 22.9 Å². The Morgan fingerprint density at radius 1 is 1.22 bits per heavy atom. The molecule has 7 nitrogen and oxygen atoms in total. The van der Waals surface area contributed by atoms with Crippen molar-refractivity contribution in [3.8, 4) is 11.8 Å².